The number of unbranched alkanes of at least 4 members (excludes halogenated alkanes) is 27. The summed E-state index contributed by atoms with van der Waals surface area (Å²) in [4.78, 5) is 34.9. The van der Waals surface area contributed by atoms with Crippen LogP contribution in [0.4, 0.5) is 0 Å². The van der Waals surface area contributed by atoms with E-state index in [0.29, 0.717) is 55.8 Å². The van der Waals surface area contributed by atoms with E-state index in [4.69, 9.17) is 13.6 Å². The molecular formula is C48H87O7P. The van der Waals surface area contributed by atoms with Gasteiger partial charge in [0.1, 0.15) is 0 Å². The Kier molecular flexibility index (Phi) is 37.7. The van der Waals surface area contributed by atoms with Gasteiger partial charge in [0.15, 0.2) is 17.3 Å². The minimum absolute atomic E-state index is 0.196. The van der Waals surface area contributed by atoms with Gasteiger partial charge < -0.3 is 0 Å². The van der Waals surface area contributed by atoms with Crippen LogP contribution in [0.5, 0.6) is 0 Å². The van der Waals surface area contributed by atoms with Crippen molar-refractivity contribution in [1.29, 1.82) is 0 Å². The lowest BCUT2D eigenvalue weighted by Crippen LogP contribution is -2.04. The Balaban J connectivity index is 4.20. The summed E-state index contributed by atoms with van der Waals surface area (Å²) in [6, 6.07) is 0. The van der Waals surface area contributed by atoms with Crippen LogP contribution >= 0.6 is 7.82 Å². The smallest absolute Gasteiger partial charge is 0.295 e. The van der Waals surface area contributed by atoms with Gasteiger partial charge in [-0.25, -0.2) is 4.57 Å². The largest absolute Gasteiger partial charge is 0.474 e. The Labute approximate surface area is 345 Å². The summed E-state index contributed by atoms with van der Waals surface area (Å²) in [5.41, 5.74) is 2.01. The van der Waals surface area contributed by atoms with Gasteiger partial charge in [-0.3, -0.25) is 28.0 Å². The summed E-state index contributed by atoms with van der Waals surface area (Å²) in [6.45, 7) is 17.7. The average Bonchev–Trinajstić information content (AvgIpc) is 3.16. The van der Waals surface area contributed by atoms with Crippen LogP contribution in [0.25, 0.3) is 0 Å². The van der Waals surface area contributed by atoms with Gasteiger partial charge >= 0.3 is 7.82 Å². The van der Waals surface area contributed by atoms with Gasteiger partial charge in [0.2, 0.25) is 0 Å². The van der Waals surface area contributed by atoms with Crippen LogP contribution in [0.1, 0.15) is 233 Å². The Bertz CT molecular complexity index is 964. The number of rotatable bonds is 45. The fourth-order valence-corrected chi connectivity index (χ4v) is 7.97. The Hall–Kier alpha value is -1.66. The van der Waals surface area contributed by atoms with Crippen molar-refractivity contribution < 1.29 is 32.5 Å². The predicted octanol–water partition coefficient (Wildman–Crippen LogP) is 15.5. The van der Waals surface area contributed by atoms with Crippen LogP contribution in [0.2, 0.25) is 0 Å². The molecule has 0 aliphatic heterocycles. The fraction of sp³-hybridized carbons (Fsp3) is 0.812. The van der Waals surface area contributed by atoms with E-state index in [-0.39, 0.29) is 17.3 Å². The van der Waals surface area contributed by atoms with E-state index in [2.05, 4.69) is 19.7 Å². The van der Waals surface area contributed by atoms with Crippen LogP contribution in [0.3, 0.4) is 0 Å². The van der Waals surface area contributed by atoms with Crippen molar-refractivity contribution in [3.05, 3.63) is 36.5 Å². The van der Waals surface area contributed by atoms with Gasteiger partial charge in [0.05, 0.1) is 19.8 Å². The maximum Gasteiger partial charge on any atom is 0.474 e. The molecule has 0 aliphatic rings. The summed E-state index contributed by atoms with van der Waals surface area (Å²) < 4.78 is 31.0. The topological polar surface area (TPSA) is 96.0 Å². The standard InChI is InChI=1S/C48H87O7P/c1-43(2)46(49)37-31-25-19-13-7-10-16-22-28-34-40-53-56(52,54-41-35-29-23-17-11-8-14-20-26-32-38-47(50)44(3)4)55-42-36-30-24-18-12-9-15-21-27-33-39-48(51)45(5)6/h1,3,5,7-42H2,2,4,6H3. The molecule has 0 aromatic carbocycles. The summed E-state index contributed by atoms with van der Waals surface area (Å²) in [5.74, 6) is 0.587. The first-order valence-corrected chi connectivity index (χ1v) is 24.5. The number of ketones is 3. The predicted molar refractivity (Wildman–Crippen MR) is 237 cm³/mol. The molecule has 0 saturated heterocycles. The molecule has 0 unspecified atom stereocenters. The van der Waals surface area contributed by atoms with Crippen molar-refractivity contribution >= 4 is 25.2 Å². The van der Waals surface area contributed by atoms with E-state index in [9.17, 15) is 18.9 Å². The molecule has 0 rings (SSSR count). The number of hydrogen-bond donors (Lipinski definition) is 0. The third kappa shape index (κ3) is 36.7. The Morgan fingerprint density at radius 3 is 0.661 bits per heavy atom. The van der Waals surface area contributed by atoms with Gasteiger partial charge in [0.25, 0.3) is 0 Å². The van der Waals surface area contributed by atoms with Gasteiger partial charge in [0, 0.05) is 19.3 Å². The quantitative estimate of drug-likeness (QED) is 0.0343. The van der Waals surface area contributed by atoms with Gasteiger partial charge in [-0.15, -0.1) is 0 Å². The maximum atomic E-state index is 13.5. The minimum atomic E-state index is -3.57. The average molecular weight is 807 g/mol. The molecule has 0 N–H and O–H groups in total. The fourth-order valence-electron chi connectivity index (χ4n) is 6.69. The molecule has 0 fully saturated rings. The second-order valence-corrected chi connectivity index (χ2v) is 18.1. The molecule has 0 heterocycles. The molecule has 0 bridgehead atoms. The lowest BCUT2D eigenvalue weighted by Gasteiger charge is -2.18. The Morgan fingerprint density at radius 1 is 0.321 bits per heavy atom. The number of allylic oxidation sites excluding steroid dienone is 3. The highest BCUT2D eigenvalue weighted by atomic mass is 31.2. The number of Topliss-reactive ketones (excluding diaryl/α,β-unsaturated/α-hetero) is 3. The monoisotopic (exact) mass is 807 g/mol. The molecule has 0 aromatic rings. The molecule has 0 spiro atoms. The van der Waals surface area contributed by atoms with E-state index < -0.39 is 7.82 Å². The van der Waals surface area contributed by atoms with E-state index in [1.165, 1.54) is 96.3 Å². The summed E-state index contributed by atoms with van der Waals surface area (Å²) in [6.07, 6.45) is 35.6. The summed E-state index contributed by atoms with van der Waals surface area (Å²) >= 11 is 0. The second-order valence-electron chi connectivity index (χ2n) is 16.4. The number of carbonyl (C=O) groups is 3. The van der Waals surface area contributed by atoms with E-state index >= 15 is 0 Å². The first kappa shape index (κ1) is 54.3. The molecule has 0 amide bonds. The van der Waals surface area contributed by atoms with Crippen molar-refractivity contribution in [3.63, 3.8) is 0 Å². The first-order valence-electron chi connectivity index (χ1n) is 23.1. The second kappa shape index (κ2) is 38.8. The zero-order valence-corrected chi connectivity index (χ0v) is 37.8. The number of phosphoric acid groups is 1. The molecular weight excluding hydrogens is 719 g/mol. The lowest BCUT2D eigenvalue weighted by molar-refractivity contribution is -0.116. The number of carbonyl (C=O) groups excluding carboxylic acids is 3. The summed E-state index contributed by atoms with van der Waals surface area (Å²) in [7, 11) is -3.57. The minimum Gasteiger partial charge on any atom is -0.295 e. The van der Waals surface area contributed by atoms with Crippen LogP contribution < -0.4 is 0 Å². The van der Waals surface area contributed by atoms with Crippen molar-refractivity contribution in [2.45, 2.75) is 233 Å². The lowest BCUT2D eigenvalue weighted by atomic mass is 10.0. The first-order chi connectivity index (χ1) is 27.0. The van der Waals surface area contributed by atoms with E-state index in [1.54, 1.807) is 20.8 Å². The maximum absolute atomic E-state index is 13.5. The molecule has 0 aliphatic carbocycles. The molecule has 0 saturated carbocycles. The van der Waals surface area contributed by atoms with Crippen LogP contribution in [0, 0.1) is 0 Å². The molecule has 0 aromatic heterocycles. The van der Waals surface area contributed by atoms with Crippen molar-refractivity contribution in [2.75, 3.05) is 19.8 Å². The molecule has 7 nitrogen and oxygen atoms in total. The SMILES string of the molecule is C=C(C)C(=O)CCCCCCCCCCCCOP(=O)(OCCCCCCCCCCCCC(=O)C(=C)C)OCCCCCCCCCCCCC(=O)C(=C)C. The molecule has 8 heteroatoms. The molecule has 56 heavy (non-hydrogen) atoms. The van der Waals surface area contributed by atoms with Gasteiger partial charge in [-0.1, -0.05) is 174 Å². The normalized spacial score (nSPS) is 11.6. The highest BCUT2D eigenvalue weighted by Gasteiger charge is 2.26. The highest BCUT2D eigenvalue weighted by molar-refractivity contribution is 7.48. The molecule has 0 radical (unpaired) electrons. The van der Waals surface area contributed by atoms with Crippen LogP contribution in [-0.4, -0.2) is 37.2 Å². The van der Waals surface area contributed by atoms with Crippen molar-refractivity contribution in [1.82, 2.24) is 0 Å². The third-order valence-corrected chi connectivity index (χ3v) is 12.1. The van der Waals surface area contributed by atoms with Gasteiger partial charge in [-0.2, -0.15) is 0 Å². The summed E-state index contributed by atoms with van der Waals surface area (Å²) in [5, 5.41) is 0. The van der Waals surface area contributed by atoms with Crippen molar-refractivity contribution in [3.8, 4) is 0 Å². The zero-order chi connectivity index (χ0) is 41.5. The van der Waals surface area contributed by atoms with Gasteiger partial charge in [-0.05, 0) is 76.0 Å². The number of phosphoric ester groups is 1. The van der Waals surface area contributed by atoms with Crippen LogP contribution in [0.15, 0.2) is 36.5 Å². The van der Waals surface area contributed by atoms with E-state index in [0.717, 1.165) is 96.3 Å². The Morgan fingerprint density at radius 2 is 0.482 bits per heavy atom. The molecule has 0 atom stereocenters. The third-order valence-electron chi connectivity index (χ3n) is 10.6. The molecule has 326 valence electrons. The highest BCUT2D eigenvalue weighted by Crippen LogP contribution is 2.50. The van der Waals surface area contributed by atoms with E-state index in [1.807, 2.05) is 0 Å². The van der Waals surface area contributed by atoms with Crippen molar-refractivity contribution in [2.24, 2.45) is 0 Å². The van der Waals surface area contributed by atoms with Crippen LogP contribution in [-0.2, 0) is 32.5 Å². The number of hydrogen-bond acceptors (Lipinski definition) is 7. The zero-order valence-electron chi connectivity index (χ0n) is 36.9.